The molecule has 8 heteroatoms. The van der Waals surface area contributed by atoms with Crippen LogP contribution >= 0.6 is 23.2 Å². The highest BCUT2D eigenvalue weighted by Gasteiger charge is 2.19. The fourth-order valence-corrected chi connectivity index (χ4v) is 6.01. The Kier molecular flexibility index (Phi) is 8.30. The second-order valence-corrected chi connectivity index (χ2v) is 11.9. The number of hydrogen-bond donors (Lipinski definition) is 0. The zero-order chi connectivity index (χ0) is 31.0. The molecule has 222 valence electrons. The van der Waals surface area contributed by atoms with Crippen molar-refractivity contribution in [2.24, 2.45) is 5.10 Å². The van der Waals surface area contributed by atoms with Crippen LogP contribution in [0.15, 0.2) is 95.0 Å². The Balaban J connectivity index is 1.51. The molecule has 0 N–H and O–H groups in total. The van der Waals surface area contributed by atoms with E-state index in [0.717, 1.165) is 44.5 Å². The summed E-state index contributed by atoms with van der Waals surface area (Å²) in [6.07, 6.45) is 3.76. The van der Waals surface area contributed by atoms with E-state index in [4.69, 9.17) is 38.0 Å². The summed E-state index contributed by atoms with van der Waals surface area (Å²) < 4.78 is 9.50. The fourth-order valence-electron chi connectivity index (χ4n) is 5.54. The van der Waals surface area contributed by atoms with E-state index < -0.39 is 0 Å². The Labute approximate surface area is 266 Å². The van der Waals surface area contributed by atoms with Crippen LogP contribution in [0.25, 0.3) is 33.2 Å². The van der Waals surface area contributed by atoms with Gasteiger partial charge in [-0.05, 0) is 78.9 Å². The number of nitrogens with zero attached hydrogens (tertiary/aromatic N) is 4. The normalized spacial score (nSPS) is 11.8. The van der Waals surface area contributed by atoms with Crippen LogP contribution in [-0.2, 0) is 6.54 Å². The van der Waals surface area contributed by atoms with Crippen LogP contribution < -0.4 is 10.3 Å². The quantitative estimate of drug-likeness (QED) is 0.159. The van der Waals surface area contributed by atoms with Crippen molar-refractivity contribution in [1.82, 2.24) is 14.2 Å². The van der Waals surface area contributed by atoms with Gasteiger partial charge in [0.05, 0.1) is 23.7 Å². The van der Waals surface area contributed by atoms with Crippen LogP contribution in [0.4, 0.5) is 0 Å². The van der Waals surface area contributed by atoms with Crippen molar-refractivity contribution in [1.29, 1.82) is 0 Å². The lowest BCUT2D eigenvalue weighted by molar-refractivity contribution is 0.335. The predicted molar refractivity (Wildman–Crippen MR) is 182 cm³/mol. The lowest BCUT2D eigenvalue weighted by Crippen LogP contribution is -2.20. The van der Waals surface area contributed by atoms with Crippen molar-refractivity contribution in [3.8, 4) is 17.1 Å². The van der Waals surface area contributed by atoms with Crippen molar-refractivity contribution >= 4 is 51.2 Å². The Morgan fingerprint density at radius 3 is 2.48 bits per heavy atom. The standard InChI is InChI=1S/C36H32Cl2N4O2/c1-5-44-34-16-23(4)30(18-29(34)22(2)3)35-40-32-12-8-6-11-28(32)36(43)42(35)39-19-25-21-41(33-13-9-7-10-27(25)33)20-24-14-15-26(37)17-31(24)38/h6-19,21-22H,5,20H2,1-4H3. The van der Waals surface area contributed by atoms with Crippen molar-refractivity contribution < 1.29 is 4.74 Å². The Morgan fingerprint density at radius 2 is 1.73 bits per heavy atom. The van der Waals surface area contributed by atoms with Gasteiger partial charge in [-0.15, -0.1) is 0 Å². The maximum atomic E-state index is 14.0. The highest BCUT2D eigenvalue weighted by Crippen LogP contribution is 2.34. The minimum absolute atomic E-state index is 0.209. The minimum atomic E-state index is -0.238. The second-order valence-electron chi connectivity index (χ2n) is 11.1. The summed E-state index contributed by atoms with van der Waals surface area (Å²) in [5.41, 5.74) is 6.04. The molecule has 44 heavy (non-hydrogen) atoms. The topological polar surface area (TPSA) is 61.4 Å². The molecule has 6 rings (SSSR count). The lowest BCUT2D eigenvalue weighted by atomic mass is 9.96. The summed E-state index contributed by atoms with van der Waals surface area (Å²) in [7, 11) is 0. The van der Waals surface area contributed by atoms with E-state index in [2.05, 4.69) is 30.5 Å². The van der Waals surface area contributed by atoms with E-state index in [1.807, 2.05) is 74.6 Å². The molecule has 4 aromatic carbocycles. The highest BCUT2D eigenvalue weighted by molar-refractivity contribution is 6.35. The summed E-state index contributed by atoms with van der Waals surface area (Å²) in [5, 5.41) is 7.51. The molecular weight excluding hydrogens is 591 g/mol. The first-order valence-electron chi connectivity index (χ1n) is 14.6. The van der Waals surface area contributed by atoms with Crippen molar-refractivity contribution in [3.05, 3.63) is 128 Å². The van der Waals surface area contributed by atoms with Crippen molar-refractivity contribution in [2.45, 2.75) is 40.2 Å². The van der Waals surface area contributed by atoms with Gasteiger partial charge in [0.15, 0.2) is 5.82 Å². The van der Waals surface area contributed by atoms with Gasteiger partial charge in [-0.1, -0.05) is 73.4 Å². The molecule has 2 aromatic heterocycles. The number of aryl methyl sites for hydroxylation is 1. The van der Waals surface area contributed by atoms with Crippen LogP contribution in [0.2, 0.25) is 10.0 Å². The summed E-state index contributed by atoms with van der Waals surface area (Å²) in [6, 6.07) is 25.1. The average molecular weight is 624 g/mol. The van der Waals surface area contributed by atoms with Gasteiger partial charge in [0.1, 0.15) is 5.75 Å². The third kappa shape index (κ3) is 5.63. The molecule has 0 aliphatic rings. The summed E-state index contributed by atoms with van der Waals surface area (Å²) in [5.74, 6) is 1.53. The maximum Gasteiger partial charge on any atom is 0.282 e. The van der Waals surface area contributed by atoms with E-state index in [-0.39, 0.29) is 11.5 Å². The van der Waals surface area contributed by atoms with Gasteiger partial charge in [0.25, 0.3) is 5.56 Å². The number of para-hydroxylation sites is 2. The molecule has 0 aliphatic carbocycles. The van der Waals surface area contributed by atoms with Crippen molar-refractivity contribution in [3.63, 3.8) is 0 Å². The van der Waals surface area contributed by atoms with Crippen LogP contribution in [0.1, 0.15) is 48.9 Å². The molecule has 0 fully saturated rings. The Bertz CT molecular complexity index is 2110. The Hall–Kier alpha value is -4.39. The summed E-state index contributed by atoms with van der Waals surface area (Å²) in [4.78, 5) is 18.9. The van der Waals surface area contributed by atoms with E-state index in [9.17, 15) is 4.79 Å². The zero-order valence-corrected chi connectivity index (χ0v) is 26.5. The van der Waals surface area contributed by atoms with Crippen LogP contribution in [0, 0.1) is 6.92 Å². The molecular formula is C36H32Cl2N4O2. The number of fused-ring (bicyclic) bond motifs is 2. The molecule has 0 unspecified atom stereocenters. The van der Waals surface area contributed by atoms with Gasteiger partial charge in [-0.25, -0.2) is 4.98 Å². The monoisotopic (exact) mass is 622 g/mol. The minimum Gasteiger partial charge on any atom is -0.494 e. The van der Waals surface area contributed by atoms with Gasteiger partial charge in [0.2, 0.25) is 0 Å². The van der Waals surface area contributed by atoms with Gasteiger partial charge >= 0.3 is 0 Å². The van der Waals surface area contributed by atoms with Crippen LogP contribution in [-0.4, -0.2) is 27.0 Å². The Morgan fingerprint density at radius 1 is 0.977 bits per heavy atom. The van der Waals surface area contributed by atoms with E-state index in [0.29, 0.717) is 39.9 Å². The SMILES string of the molecule is CCOc1cc(C)c(-c2nc3ccccc3c(=O)n2N=Cc2cn(Cc3ccc(Cl)cc3Cl)c3ccccc23)cc1C(C)C. The van der Waals surface area contributed by atoms with Crippen molar-refractivity contribution in [2.75, 3.05) is 6.61 Å². The molecule has 0 bridgehead atoms. The molecule has 0 radical (unpaired) electrons. The number of ether oxygens (including phenoxy) is 1. The number of halogens is 2. The third-order valence-corrected chi connectivity index (χ3v) is 8.35. The maximum absolute atomic E-state index is 14.0. The highest BCUT2D eigenvalue weighted by atomic mass is 35.5. The fraction of sp³-hybridized carbons (Fsp3) is 0.194. The van der Waals surface area contributed by atoms with Gasteiger partial charge < -0.3 is 9.30 Å². The summed E-state index contributed by atoms with van der Waals surface area (Å²) in [6.45, 7) is 9.36. The first-order chi connectivity index (χ1) is 21.2. The van der Waals surface area contributed by atoms with Gasteiger partial charge in [-0.3, -0.25) is 4.79 Å². The molecule has 0 amide bonds. The van der Waals surface area contributed by atoms with Gasteiger partial charge in [0, 0.05) is 44.8 Å². The third-order valence-electron chi connectivity index (χ3n) is 7.76. The molecule has 0 spiro atoms. The smallest absolute Gasteiger partial charge is 0.282 e. The van der Waals surface area contributed by atoms with Gasteiger partial charge in [-0.2, -0.15) is 9.78 Å². The zero-order valence-electron chi connectivity index (χ0n) is 25.0. The first-order valence-corrected chi connectivity index (χ1v) is 15.4. The van der Waals surface area contributed by atoms with Crippen LogP contribution in [0.3, 0.4) is 0 Å². The molecule has 0 aliphatic heterocycles. The number of rotatable bonds is 8. The molecule has 6 nitrogen and oxygen atoms in total. The molecule has 0 saturated carbocycles. The van der Waals surface area contributed by atoms with E-state index >= 15 is 0 Å². The lowest BCUT2D eigenvalue weighted by Gasteiger charge is -2.18. The number of benzene rings is 4. The molecule has 0 saturated heterocycles. The second kappa shape index (κ2) is 12.3. The predicted octanol–water partition coefficient (Wildman–Crippen LogP) is 9.09. The number of aromatic nitrogens is 3. The number of hydrogen-bond acceptors (Lipinski definition) is 4. The molecule has 6 aromatic rings. The van der Waals surface area contributed by atoms with E-state index in [1.54, 1.807) is 18.3 Å². The van der Waals surface area contributed by atoms with Crippen LogP contribution in [0.5, 0.6) is 5.75 Å². The molecule has 2 heterocycles. The van der Waals surface area contributed by atoms with E-state index in [1.165, 1.54) is 4.68 Å². The first kappa shape index (κ1) is 29.7. The average Bonchev–Trinajstić information content (AvgIpc) is 3.35. The largest absolute Gasteiger partial charge is 0.494 e. The molecule has 0 atom stereocenters. The summed E-state index contributed by atoms with van der Waals surface area (Å²) >= 11 is 12.6.